The molecule has 5 aromatic rings. The third-order valence-electron chi connectivity index (χ3n) is 5.74. The fraction of sp³-hybridized carbons (Fsp3) is 0.111. The first-order chi connectivity index (χ1) is 14.2. The predicted octanol–water partition coefficient (Wildman–Crippen LogP) is 7.08. The van der Waals surface area contributed by atoms with E-state index in [0.29, 0.717) is 0 Å². The van der Waals surface area contributed by atoms with Gasteiger partial charge in [0, 0.05) is 22.0 Å². The molecule has 2 heteroatoms. The number of methoxy groups -OCH3 is 1. The van der Waals surface area contributed by atoms with Crippen molar-refractivity contribution in [1.82, 2.24) is 4.57 Å². The zero-order valence-electron chi connectivity index (χ0n) is 16.9. The number of nitrogens with zero attached hydrogens (tertiary/aromatic N) is 1. The Morgan fingerprint density at radius 2 is 1.24 bits per heavy atom. The number of hydrogen-bond acceptors (Lipinski definition) is 1. The van der Waals surface area contributed by atoms with Crippen LogP contribution in [0.3, 0.4) is 0 Å². The molecular weight excluding hydrogens is 354 g/mol. The van der Waals surface area contributed by atoms with Crippen LogP contribution in [0.4, 0.5) is 0 Å². The number of benzene rings is 4. The van der Waals surface area contributed by atoms with E-state index in [9.17, 15) is 0 Å². The Kier molecular flexibility index (Phi) is 4.13. The van der Waals surface area contributed by atoms with Crippen LogP contribution in [0.25, 0.3) is 38.6 Å². The van der Waals surface area contributed by atoms with Gasteiger partial charge in [-0.05, 0) is 54.8 Å². The first-order valence-electron chi connectivity index (χ1n) is 9.92. The molecule has 0 atom stereocenters. The Bertz CT molecular complexity index is 1310. The van der Waals surface area contributed by atoms with Crippen molar-refractivity contribution < 1.29 is 4.74 Å². The maximum absolute atomic E-state index is 5.66. The summed E-state index contributed by atoms with van der Waals surface area (Å²) >= 11 is 0. The second kappa shape index (κ2) is 6.82. The topological polar surface area (TPSA) is 14.2 Å². The van der Waals surface area contributed by atoms with E-state index in [4.69, 9.17) is 4.74 Å². The van der Waals surface area contributed by atoms with Crippen molar-refractivity contribution in [3.8, 4) is 22.6 Å². The monoisotopic (exact) mass is 377 g/mol. The third-order valence-corrected chi connectivity index (χ3v) is 5.74. The zero-order valence-corrected chi connectivity index (χ0v) is 16.9. The summed E-state index contributed by atoms with van der Waals surface area (Å²) in [6.07, 6.45) is 0. The summed E-state index contributed by atoms with van der Waals surface area (Å²) in [5.74, 6) is 0.898. The van der Waals surface area contributed by atoms with E-state index in [-0.39, 0.29) is 0 Å². The van der Waals surface area contributed by atoms with Gasteiger partial charge in [0.1, 0.15) is 5.75 Å². The summed E-state index contributed by atoms with van der Waals surface area (Å²) in [5, 5.41) is 2.56. The number of ether oxygens (including phenoxy) is 1. The van der Waals surface area contributed by atoms with Gasteiger partial charge < -0.3 is 9.30 Å². The highest BCUT2D eigenvalue weighted by molar-refractivity contribution is 6.09. The Balaban J connectivity index is 1.88. The Labute approximate surface area is 171 Å². The third kappa shape index (κ3) is 2.72. The summed E-state index contributed by atoms with van der Waals surface area (Å²) in [4.78, 5) is 0. The van der Waals surface area contributed by atoms with Crippen LogP contribution in [0.1, 0.15) is 11.1 Å². The van der Waals surface area contributed by atoms with E-state index >= 15 is 0 Å². The molecule has 4 aromatic carbocycles. The van der Waals surface area contributed by atoms with Crippen molar-refractivity contribution in [3.05, 3.63) is 96.1 Å². The van der Waals surface area contributed by atoms with Gasteiger partial charge in [-0.25, -0.2) is 0 Å². The minimum Gasteiger partial charge on any atom is -0.496 e. The highest BCUT2D eigenvalue weighted by Crippen LogP contribution is 2.38. The number of fused-ring (bicyclic) bond motifs is 3. The van der Waals surface area contributed by atoms with E-state index in [1.54, 1.807) is 7.11 Å². The van der Waals surface area contributed by atoms with Crippen LogP contribution in [-0.2, 0) is 0 Å². The van der Waals surface area contributed by atoms with E-state index in [0.717, 1.165) is 11.3 Å². The number of aryl methyl sites for hydroxylation is 1. The van der Waals surface area contributed by atoms with Crippen molar-refractivity contribution in [1.29, 1.82) is 0 Å². The largest absolute Gasteiger partial charge is 0.496 e. The van der Waals surface area contributed by atoms with Crippen LogP contribution in [0, 0.1) is 13.8 Å². The van der Waals surface area contributed by atoms with Crippen molar-refractivity contribution in [2.45, 2.75) is 13.8 Å². The van der Waals surface area contributed by atoms with Gasteiger partial charge in [-0.15, -0.1) is 0 Å². The number of rotatable bonds is 3. The first kappa shape index (κ1) is 17.6. The molecule has 5 rings (SSSR count). The molecule has 0 aliphatic rings. The molecule has 0 aliphatic carbocycles. The predicted molar refractivity (Wildman–Crippen MR) is 122 cm³/mol. The molecule has 0 bridgehead atoms. The molecule has 0 saturated carbocycles. The minimum atomic E-state index is 0.898. The molecule has 0 amide bonds. The maximum Gasteiger partial charge on any atom is 0.126 e. The molecule has 142 valence electrons. The minimum absolute atomic E-state index is 0.898. The van der Waals surface area contributed by atoms with Crippen LogP contribution in [-0.4, -0.2) is 11.7 Å². The SMILES string of the molecule is COc1ccccc1-c1cc(C)cc(-n2c3ccccc3c3ccccc32)c1C. The van der Waals surface area contributed by atoms with Gasteiger partial charge in [-0.1, -0.05) is 60.7 Å². The van der Waals surface area contributed by atoms with Gasteiger partial charge in [-0.2, -0.15) is 0 Å². The van der Waals surface area contributed by atoms with E-state index < -0.39 is 0 Å². The Morgan fingerprint density at radius 3 is 1.90 bits per heavy atom. The summed E-state index contributed by atoms with van der Waals surface area (Å²) in [6.45, 7) is 4.37. The number of aromatic nitrogens is 1. The molecule has 0 aliphatic heterocycles. The molecular formula is C27H23NO. The number of para-hydroxylation sites is 3. The van der Waals surface area contributed by atoms with E-state index in [1.165, 1.54) is 44.2 Å². The molecule has 0 radical (unpaired) electrons. The van der Waals surface area contributed by atoms with Crippen LogP contribution in [0.15, 0.2) is 84.9 Å². The molecule has 1 aromatic heterocycles. The lowest BCUT2D eigenvalue weighted by molar-refractivity contribution is 0.416. The second-order valence-corrected chi connectivity index (χ2v) is 7.53. The average Bonchev–Trinajstić information content (AvgIpc) is 3.09. The standard InChI is InChI=1S/C27H23NO/c1-18-16-23(22-12-6-9-15-27(22)29-3)19(2)26(17-18)28-24-13-7-4-10-20(24)21-11-5-8-14-25(21)28/h4-17H,1-3H3. The molecule has 29 heavy (non-hydrogen) atoms. The highest BCUT2D eigenvalue weighted by atomic mass is 16.5. The van der Waals surface area contributed by atoms with Crippen LogP contribution >= 0.6 is 0 Å². The molecule has 0 fully saturated rings. The summed E-state index contributed by atoms with van der Waals surface area (Å²) < 4.78 is 8.05. The van der Waals surface area contributed by atoms with Gasteiger partial charge >= 0.3 is 0 Å². The van der Waals surface area contributed by atoms with Gasteiger partial charge in [0.2, 0.25) is 0 Å². The lowest BCUT2D eigenvalue weighted by Gasteiger charge is -2.18. The molecule has 0 N–H and O–H groups in total. The highest BCUT2D eigenvalue weighted by Gasteiger charge is 2.17. The van der Waals surface area contributed by atoms with Gasteiger partial charge in [0.05, 0.1) is 18.1 Å². The van der Waals surface area contributed by atoms with Crippen molar-refractivity contribution in [2.24, 2.45) is 0 Å². The summed E-state index contributed by atoms with van der Waals surface area (Å²) in [7, 11) is 1.73. The van der Waals surface area contributed by atoms with E-state index in [2.05, 4.69) is 91.2 Å². The Hall–Kier alpha value is -3.52. The number of hydrogen-bond donors (Lipinski definition) is 0. The molecule has 1 heterocycles. The first-order valence-corrected chi connectivity index (χ1v) is 9.92. The van der Waals surface area contributed by atoms with Gasteiger partial charge in [0.15, 0.2) is 0 Å². The Morgan fingerprint density at radius 1 is 0.655 bits per heavy atom. The molecule has 0 spiro atoms. The van der Waals surface area contributed by atoms with Crippen molar-refractivity contribution >= 4 is 21.8 Å². The maximum atomic E-state index is 5.66. The zero-order chi connectivity index (χ0) is 20.0. The van der Waals surface area contributed by atoms with Gasteiger partial charge in [-0.3, -0.25) is 0 Å². The fourth-order valence-corrected chi connectivity index (χ4v) is 4.40. The lowest BCUT2D eigenvalue weighted by Crippen LogP contribution is -2.00. The van der Waals surface area contributed by atoms with Crippen LogP contribution in [0.5, 0.6) is 5.75 Å². The van der Waals surface area contributed by atoms with E-state index in [1.807, 2.05) is 12.1 Å². The van der Waals surface area contributed by atoms with Crippen molar-refractivity contribution in [2.75, 3.05) is 7.11 Å². The van der Waals surface area contributed by atoms with Crippen LogP contribution < -0.4 is 4.74 Å². The summed E-state index contributed by atoms with van der Waals surface area (Å²) in [5.41, 5.74) is 8.47. The van der Waals surface area contributed by atoms with Crippen LogP contribution in [0.2, 0.25) is 0 Å². The summed E-state index contributed by atoms with van der Waals surface area (Å²) in [6, 6.07) is 30.1. The lowest BCUT2D eigenvalue weighted by atomic mass is 9.96. The fourth-order valence-electron chi connectivity index (χ4n) is 4.40. The molecule has 0 saturated heterocycles. The molecule has 0 unspecified atom stereocenters. The van der Waals surface area contributed by atoms with Crippen molar-refractivity contribution in [3.63, 3.8) is 0 Å². The smallest absolute Gasteiger partial charge is 0.126 e. The normalized spacial score (nSPS) is 11.3. The van der Waals surface area contributed by atoms with Gasteiger partial charge in [0.25, 0.3) is 0 Å². The second-order valence-electron chi connectivity index (χ2n) is 7.53. The quantitative estimate of drug-likeness (QED) is 0.328. The molecule has 2 nitrogen and oxygen atoms in total. The average molecular weight is 377 g/mol.